The molecule has 0 radical (unpaired) electrons. The van der Waals surface area contributed by atoms with E-state index in [2.05, 4.69) is 43.4 Å². The van der Waals surface area contributed by atoms with Gasteiger partial charge in [-0.2, -0.15) is 0 Å². The molecule has 2 heteroatoms. The molecule has 1 N–H and O–H groups in total. The number of hydrogen-bond acceptors (Lipinski definition) is 1. The zero-order valence-corrected chi connectivity index (χ0v) is 13.3. The van der Waals surface area contributed by atoms with Crippen LogP contribution in [0.15, 0.2) is 42.5 Å². The van der Waals surface area contributed by atoms with Gasteiger partial charge in [-0.3, -0.25) is 0 Å². The van der Waals surface area contributed by atoms with E-state index in [1.807, 2.05) is 26.1 Å². The van der Waals surface area contributed by atoms with Crippen molar-refractivity contribution in [3.63, 3.8) is 0 Å². The first-order valence-electron chi connectivity index (χ1n) is 7.53. The van der Waals surface area contributed by atoms with Crippen molar-refractivity contribution in [3.8, 4) is 0 Å². The number of aryl methyl sites for hydroxylation is 1. The van der Waals surface area contributed by atoms with E-state index in [1.165, 1.54) is 11.1 Å². The third kappa shape index (κ3) is 3.92. The van der Waals surface area contributed by atoms with Crippen LogP contribution in [0.4, 0.5) is 4.39 Å². The Balaban J connectivity index is 2.16. The Bertz CT molecular complexity index is 587. The largest absolute Gasteiger partial charge is 0.313 e. The van der Waals surface area contributed by atoms with E-state index in [9.17, 15) is 4.39 Å². The number of likely N-dealkylation sites (N-methyl/N-ethyl adjacent to an activating group) is 1. The van der Waals surface area contributed by atoms with E-state index < -0.39 is 0 Å². The molecule has 2 aromatic carbocycles. The van der Waals surface area contributed by atoms with Gasteiger partial charge in [0.25, 0.3) is 0 Å². The average Bonchev–Trinajstić information content (AvgIpc) is 2.48. The van der Waals surface area contributed by atoms with Crippen LogP contribution in [0.25, 0.3) is 0 Å². The van der Waals surface area contributed by atoms with Crippen LogP contribution in [0, 0.1) is 12.7 Å². The predicted octanol–water partition coefficient (Wildman–Crippen LogP) is 4.76. The minimum Gasteiger partial charge on any atom is -0.313 e. The van der Waals surface area contributed by atoms with Gasteiger partial charge < -0.3 is 5.32 Å². The maximum Gasteiger partial charge on any atom is 0.126 e. The average molecular weight is 285 g/mol. The summed E-state index contributed by atoms with van der Waals surface area (Å²) in [4.78, 5) is 0. The molecule has 0 saturated heterocycles. The maximum atomic E-state index is 13.4. The molecule has 0 bridgehead atoms. The topological polar surface area (TPSA) is 12.0 Å². The first kappa shape index (κ1) is 15.7. The van der Waals surface area contributed by atoms with E-state index in [1.54, 1.807) is 6.07 Å². The maximum absolute atomic E-state index is 13.4. The lowest BCUT2D eigenvalue weighted by Crippen LogP contribution is -2.19. The van der Waals surface area contributed by atoms with Crippen LogP contribution in [-0.4, -0.2) is 7.05 Å². The Labute approximate surface area is 127 Å². The SMILES string of the molecule is CNC(Cc1ccc(C(C)C)cc1)c1ccc(F)c(C)c1. The molecule has 0 aliphatic carbocycles. The van der Waals surface area contributed by atoms with Crippen molar-refractivity contribution in [1.82, 2.24) is 5.32 Å². The number of rotatable bonds is 5. The lowest BCUT2D eigenvalue weighted by atomic mass is 9.95. The first-order valence-corrected chi connectivity index (χ1v) is 7.53. The van der Waals surface area contributed by atoms with E-state index in [-0.39, 0.29) is 11.9 Å². The quantitative estimate of drug-likeness (QED) is 0.835. The molecular weight excluding hydrogens is 261 g/mol. The van der Waals surface area contributed by atoms with E-state index in [0.717, 1.165) is 12.0 Å². The van der Waals surface area contributed by atoms with Gasteiger partial charge in [0, 0.05) is 6.04 Å². The summed E-state index contributed by atoms with van der Waals surface area (Å²) < 4.78 is 13.4. The van der Waals surface area contributed by atoms with Crippen molar-refractivity contribution in [2.45, 2.75) is 39.2 Å². The zero-order chi connectivity index (χ0) is 15.4. The molecule has 2 aromatic rings. The molecule has 112 valence electrons. The molecule has 0 heterocycles. The number of halogens is 1. The summed E-state index contributed by atoms with van der Waals surface area (Å²) >= 11 is 0. The third-order valence-corrected chi connectivity index (χ3v) is 4.02. The van der Waals surface area contributed by atoms with Crippen LogP contribution in [-0.2, 0) is 6.42 Å². The molecule has 1 unspecified atom stereocenters. The van der Waals surface area contributed by atoms with Crippen molar-refractivity contribution in [1.29, 1.82) is 0 Å². The highest BCUT2D eigenvalue weighted by Crippen LogP contribution is 2.22. The smallest absolute Gasteiger partial charge is 0.126 e. The number of hydrogen-bond donors (Lipinski definition) is 1. The molecule has 0 spiro atoms. The molecule has 0 saturated carbocycles. The van der Waals surface area contributed by atoms with Crippen molar-refractivity contribution in [2.75, 3.05) is 7.05 Å². The second-order valence-corrected chi connectivity index (χ2v) is 5.95. The molecule has 0 aromatic heterocycles. The van der Waals surface area contributed by atoms with Crippen molar-refractivity contribution < 1.29 is 4.39 Å². The lowest BCUT2D eigenvalue weighted by Gasteiger charge is -2.18. The van der Waals surface area contributed by atoms with Gasteiger partial charge in [-0.25, -0.2) is 4.39 Å². The van der Waals surface area contributed by atoms with Crippen molar-refractivity contribution in [3.05, 3.63) is 70.5 Å². The van der Waals surface area contributed by atoms with Crippen molar-refractivity contribution in [2.24, 2.45) is 0 Å². The summed E-state index contributed by atoms with van der Waals surface area (Å²) in [5, 5.41) is 3.33. The standard InChI is InChI=1S/C19H24FN/c1-13(2)16-7-5-15(6-8-16)12-19(21-4)17-9-10-18(20)14(3)11-17/h5-11,13,19,21H,12H2,1-4H3. The fourth-order valence-electron chi connectivity index (χ4n) is 2.55. The van der Waals surface area contributed by atoms with Crippen LogP contribution in [0.3, 0.4) is 0 Å². The fraction of sp³-hybridized carbons (Fsp3) is 0.368. The molecule has 21 heavy (non-hydrogen) atoms. The molecule has 2 rings (SSSR count). The fourth-order valence-corrected chi connectivity index (χ4v) is 2.55. The van der Waals surface area contributed by atoms with E-state index in [0.29, 0.717) is 11.5 Å². The predicted molar refractivity (Wildman–Crippen MR) is 87.2 cm³/mol. The second-order valence-electron chi connectivity index (χ2n) is 5.95. The van der Waals surface area contributed by atoms with E-state index >= 15 is 0 Å². The lowest BCUT2D eigenvalue weighted by molar-refractivity contribution is 0.583. The third-order valence-electron chi connectivity index (χ3n) is 4.02. The Morgan fingerprint density at radius 2 is 1.62 bits per heavy atom. The van der Waals surface area contributed by atoms with Gasteiger partial charge in [-0.05, 0) is 54.6 Å². The summed E-state index contributed by atoms with van der Waals surface area (Å²) in [5.74, 6) is 0.411. The zero-order valence-electron chi connectivity index (χ0n) is 13.3. The summed E-state index contributed by atoms with van der Waals surface area (Å²) in [6.45, 7) is 6.21. The molecule has 0 fully saturated rings. The van der Waals surface area contributed by atoms with Gasteiger partial charge in [-0.1, -0.05) is 50.2 Å². The summed E-state index contributed by atoms with van der Waals surface area (Å²) in [7, 11) is 1.95. The summed E-state index contributed by atoms with van der Waals surface area (Å²) in [5.41, 5.74) is 4.48. The minimum absolute atomic E-state index is 0.144. The van der Waals surface area contributed by atoms with Crippen LogP contribution in [0.1, 0.15) is 48.1 Å². The molecule has 0 aliphatic heterocycles. The Hall–Kier alpha value is -1.67. The number of benzene rings is 2. The van der Waals surface area contributed by atoms with Crippen LogP contribution in [0.2, 0.25) is 0 Å². The Morgan fingerprint density at radius 3 is 2.14 bits per heavy atom. The highest BCUT2D eigenvalue weighted by Gasteiger charge is 2.12. The number of nitrogens with one attached hydrogen (secondary N) is 1. The normalized spacial score (nSPS) is 12.7. The highest BCUT2D eigenvalue weighted by atomic mass is 19.1. The van der Waals surface area contributed by atoms with Gasteiger partial charge in [0.05, 0.1) is 0 Å². The summed E-state index contributed by atoms with van der Waals surface area (Å²) in [6.07, 6.45) is 0.903. The Kier molecular flexibility index (Phi) is 5.13. The van der Waals surface area contributed by atoms with E-state index in [4.69, 9.17) is 0 Å². The van der Waals surface area contributed by atoms with Gasteiger partial charge in [0.15, 0.2) is 0 Å². The van der Waals surface area contributed by atoms with Gasteiger partial charge in [0.2, 0.25) is 0 Å². The van der Waals surface area contributed by atoms with Crippen LogP contribution < -0.4 is 5.32 Å². The van der Waals surface area contributed by atoms with Gasteiger partial charge in [-0.15, -0.1) is 0 Å². The molecule has 0 amide bonds. The summed E-state index contributed by atoms with van der Waals surface area (Å²) in [6, 6.07) is 14.3. The first-order chi connectivity index (χ1) is 10.0. The minimum atomic E-state index is -0.144. The monoisotopic (exact) mass is 285 g/mol. The molecule has 0 aliphatic rings. The highest BCUT2D eigenvalue weighted by molar-refractivity contribution is 5.30. The van der Waals surface area contributed by atoms with Gasteiger partial charge in [0.1, 0.15) is 5.82 Å². The Morgan fingerprint density at radius 1 is 1.00 bits per heavy atom. The van der Waals surface area contributed by atoms with Gasteiger partial charge >= 0.3 is 0 Å². The molecule has 1 atom stereocenters. The molecule has 1 nitrogen and oxygen atoms in total. The second kappa shape index (κ2) is 6.86. The molecular formula is C19H24FN. The van der Waals surface area contributed by atoms with Crippen LogP contribution in [0.5, 0.6) is 0 Å². The van der Waals surface area contributed by atoms with Crippen molar-refractivity contribution >= 4 is 0 Å². The van der Waals surface area contributed by atoms with Crippen LogP contribution >= 0.6 is 0 Å².